The molecule has 0 aliphatic carbocycles. The number of carboxylic acids is 2. The van der Waals surface area contributed by atoms with Crippen molar-refractivity contribution in [2.45, 2.75) is 42.5 Å². The summed E-state index contributed by atoms with van der Waals surface area (Å²) >= 11 is 5.84. The maximum atomic E-state index is 12.4. The fraction of sp³-hybridized carbons (Fsp3) is 0.385. The van der Waals surface area contributed by atoms with Crippen LogP contribution >= 0.6 is 11.6 Å². The van der Waals surface area contributed by atoms with Gasteiger partial charge in [-0.15, -0.1) is 6.42 Å². The average molecular weight is 617 g/mol. The van der Waals surface area contributed by atoms with Gasteiger partial charge in [0, 0.05) is 25.2 Å². The van der Waals surface area contributed by atoms with Crippen LogP contribution in [0.3, 0.4) is 0 Å². The first-order chi connectivity index (χ1) is 20.4. The molecule has 3 aromatic rings. The van der Waals surface area contributed by atoms with Gasteiger partial charge in [-0.2, -0.15) is 4.98 Å². The highest BCUT2D eigenvalue weighted by Crippen LogP contribution is 2.39. The third kappa shape index (κ3) is 5.17. The number of carbonyl (C=O) groups is 3. The highest BCUT2D eigenvalue weighted by atomic mass is 35.5. The van der Waals surface area contributed by atoms with E-state index in [2.05, 4.69) is 20.3 Å². The van der Waals surface area contributed by atoms with Crippen LogP contribution in [0, 0.1) is 12.3 Å². The number of carbonyl (C=O) groups excluding carboxylic acids is 1. The molecule has 226 valence electrons. The van der Waals surface area contributed by atoms with Gasteiger partial charge < -0.3 is 35.2 Å². The van der Waals surface area contributed by atoms with E-state index in [0.29, 0.717) is 18.8 Å². The van der Waals surface area contributed by atoms with Crippen molar-refractivity contribution in [1.29, 1.82) is 0 Å². The number of halogens is 1. The van der Waals surface area contributed by atoms with Crippen molar-refractivity contribution in [3.8, 4) is 12.3 Å². The number of fused-ring (bicyclic) bond motifs is 1. The van der Waals surface area contributed by atoms with Crippen LogP contribution < -0.4 is 15.8 Å². The zero-order valence-electron chi connectivity index (χ0n) is 22.1. The van der Waals surface area contributed by atoms with Crippen molar-refractivity contribution in [2.24, 2.45) is 0 Å². The Morgan fingerprint density at radius 3 is 2.58 bits per heavy atom. The number of nitrogens with one attached hydrogen (secondary N) is 2. The number of ether oxygens (including phenoxy) is 2. The highest BCUT2D eigenvalue weighted by Gasteiger charge is 2.58. The molecule has 2 saturated heterocycles. The van der Waals surface area contributed by atoms with Crippen molar-refractivity contribution < 1.29 is 44.3 Å². The molecule has 4 heterocycles. The second-order valence-corrected chi connectivity index (χ2v) is 10.3. The van der Waals surface area contributed by atoms with Gasteiger partial charge in [-0.25, -0.2) is 19.4 Å². The number of imidazole rings is 1. The van der Waals surface area contributed by atoms with E-state index in [0.717, 1.165) is 17.3 Å². The van der Waals surface area contributed by atoms with E-state index in [-0.39, 0.29) is 28.0 Å². The molecule has 0 spiro atoms. The predicted octanol–water partition coefficient (Wildman–Crippen LogP) is -0.517. The molecule has 2 amide bonds. The van der Waals surface area contributed by atoms with E-state index in [1.54, 1.807) is 12.1 Å². The Balaban J connectivity index is 1.39. The van der Waals surface area contributed by atoms with Crippen LogP contribution in [0.5, 0.6) is 0 Å². The summed E-state index contributed by atoms with van der Waals surface area (Å²) < 4.78 is 12.3. The van der Waals surface area contributed by atoms with Crippen molar-refractivity contribution in [3.05, 3.63) is 51.8 Å². The molecule has 2 aromatic heterocycles. The van der Waals surface area contributed by atoms with E-state index in [4.69, 9.17) is 27.5 Å². The molecule has 4 atom stereocenters. The van der Waals surface area contributed by atoms with Crippen molar-refractivity contribution in [2.75, 3.05) is 24.6 Å². The van der Waals surface area contributed by atoms with Gasteiger partial charge in [0.15, 0.2) is 23.0 Å². The second kappa shape index (κ2) is 11.3. The number of aliphatic carboxylic acids is 2. The van der Waals surface area contributed by atoms with Crippen LogP contribution in [0.25, 0.3) is 11.2 Å². The summed E-state index contributed by atoms with van der Waals surface area (Å²) in [6.45, 7) is 0.134. The number of terminal acetylenes is 1. The molecule has 2 aliphatic rings. The molecule has 0 unspecified atom stereocenters. The van der Waals surface area contributed by atoms with Crippen LogP contribution in [0.1, 0.15) is 18.2 Å². The number of nitrogens with zero attached hydrogens (tertiary/aromatic N) is 4. The quantitative estimate of drug-likeness (QED) is 0.101. The highest BCUT2D eigenvalue weighted by molar-refractivity contribution is 6.28. The van der Waals surface area contributed by atoms with Gasteiger partial charge in [0.25, 0.3) is 11.2 Å². The molecule has 0 radical (unpaired) electrons. The number of aromatic amines is 1. The number of hydrogen-bond donors (Lipinski definition) is 6. The van der Waals surface area contributed by atoms with Crippen LogP contribution in [0.2, 0.25) is 5.28 Å². The molecule has 2 fully saturated rings. The Morgan fingerprint density at radius 1 is 1.26 bits per heavy atom. The number of aliphatic hydroxyl groups is 2. The Bertz CT molecular complexity index is 1670. The third-order valence-corrected chi connectivity index (χ3v) is 7.56. The van der Waals surface area contributed by atoms with E-state index >= 15 is 0 Å². The number of H-pyrrole nitrogens is 1. The second-order valence-electron chi connectivity index (χ2n) is 9.94. The van der Waals surface area contributed by atoms with Gasteiger partial charge in [0.2, 0.25) is 5.28 Å². The smallest absolute Gasteiger partial charge is 0.348 e. The zero-order valence-corrected chi connectivity index (χ0v) is 22.9. The molecule has 16 nitrogen and oxygen atoms in total. The molecule has 43 heavy (non-hydrogen) atoms. The molecule has 5 rings (SSSR count). The fourth-order valence-electron chi connectivity index (χ4n) is 4.99. The number of anilines is 1. The SMILES string of the molecule is C#C[C@@]1(O)[C@@H](COC(Cc2ccc(N3CCCNC3=O)cc2)(C(=O)O)C(=O)O)O[C@@H](n2cnc3c(=O)[nH]c(Cl)nc32)[C@@H]1O. The minimum absolute atomic E-state index is 0.116. The Hall–Kier alpha value is -4.53. The lowest BCUT2D eigenvalue weighted by Gasteiger charge is -2.30. The number of aliphatic hydroxyl groups excluding tert-OH is 1. The molecule has 17 heteroatoms. The van der Waals surface area contributed by atoms with E-state index in [9.17, 15) is 39.6 Å². The molecule has 6 N–H and O–H groups in total. The van der Waals surface area contributed by atoms with Gasteiger partial charge in [0.05, 0.1) is 12.9 Å². The summed E-state index contributed by atoms with van der Waals surface area (Å²) in [6.07, 6.45) is 1.64. The number of carboxylic acid groups (broad SMARTS) is 2. The Morgan fingerprint density at radius 2 is 1.95 bits per heavy atom. The van der Waals surface area contributed by atoms with Gasteiger partial charge in [-0.05, 0) is 35.7 Å². The van der Waals surface area contributed by atoms with Gasteiger partial charge in [-0.1, -0.05) is 18.1 Å². The maximum Gasteiger partial charge on any atom is 0.348 e. The lowest BCUT2D eigenvalue weighted by molar-refractivity contribution is -0.191. The molecule has 0 bridgehead atoms. The minimum Gasteiger partial charge on any atom is -0.479 e. The summed E-state index contributed by atoms with van der Waals surface area (Å²) in [5.41, 5.74) is -5.54. The lowest BCUT2D eigenvalue weighted by Crippen LogP contribution is -2.55. The van der Waals surface area contributed by atoms with Gasteiger partial charge >= 0.3 is 18.0 Å². The first-order valence-corrected chi connectivity index (χ1v) is 13.2. The molecule has 0 saturated carbocycles. The predicted molar refractivity (Wildman–Crippen MR) is 146 cm³/mol. The summed E-state index contributed by atoms with van der Waals surface area (Å²) in [7, 11) is 0. The Kier molecular flexibility index (Phi) is 7.86. The van der Waals surface area contributed by atoms with Crippen LogP contribution in [-0.2, 0) is 25.5 Å². The number of urea groups is 1. The molecular weight excluding hydrogens is 592 g/mol. The normalized spacial score (nSPS) is 24.1. The molecular formula is C26H25ClN6O10. The standard InChI is InChI=1S/C26H25ClN6O10/c1-2-25(41)15(43-20(17(25)34)33-12-29-16-18(33)30-23(27)31-19(16)35)11-42-26(21(36)37,22(38)39)10-13-4-6-14(7-5-13)32-9-3-8-28-24(32)40/h1,4-7,12,15,17,20,34,41H,3,8-11H2,(H,28,40)(H,36,37)(H,38,39)(H,30,31,35)/t15-,17+,20-,25-/m1/s1. The minimum atomic E-state index is -2.87. The fourth-order valence-corrected chi connectivity index (χ4v) is 5.16. The number of aromatic nitrogens is 4. The van der Waals surface area contributed by atoms with Crippen molar-refractivity contribution in [3.63, 3.8) is 0 Å². The molecule has 1 aromatic carbocycles. The monoisotopic (exact) mass is 616 g/mol. The van der Waals surface area contributed by atoms with E-state index < -0.39 is 60.2 Å². The maximum absolute atomic E-state index is 12.4. The zero-order chi connectivity index (χ0) is 31.1. The van der Waals surface area contributed by atoms with Crippen molar-refractivity contribution >= 4 is 46.4 Å². The summed E-state index contributed by atoms with van der Waals surface area (Å²) in [6, 6.07) is 5.74. The number of rotatable bonds is 9. The van der Waals surface area contributed by atoms with E-state index in [1.807, 2.05) is 5.92 Å². The topological polar surface area (TPSA) is 229 Å². The van der Waals surface area contributed by atoms with Gasteiger partial charge in [0.1, 0.15) is 12.2 Å². The van der Waals surface area contributed by atoms with E-state index in [1.165, 1.54) is 17.0 Å². The summed E-state index contributed by atoms with van der Waals surface area (Å²) in [5.74, 6) is -1.69. The lowest BCUT2D eigenvalue weighted by atomic mass is 9.91. The van der Waals surface area contributed by atoms with Crippen LogP contribution in [-0.4, -0.2) is 101 Å². The van der Waals surface area contributed by atoms with Crippen LogP contribution in [0.4, 0.5) is 10.5 Å². The summed E-state index contributed by atoms with van der Waals surface area (Å²) in [5, 5.41) is 44.5. The number of hydrogen-bond acceptors (Lipinski definition) is 10. The first kappa shape index (κ1) is 29.9. The number of benzene rings is 1. The third-order valence-electron chi connectivity index (χ3n) is 7.38. The average Bonchev–Trinajstić information content (AvgIpc) is 3.50. The van der Waals surface area contributed by atoms with Gasteiger partial charge in [-0.3, -0.25) is 19.2 Å². The molecule has 2 aliphatic heterocycles. The summed E-state index contributed by atoms with van der Waals surface area (Å²) in [4.78, 5) is 60.7. The Labute approximate surface area is 246 Å². The first-order valence-electron chi connectivity index (χ1n) is 12.8. The largest absolute Gasteiger partial charge is 0.479 e. The van der Waals surface area contributed by atoms with Crippen molar-refractivity contribution in [1.82, 2.24) is 24.8 Å². The van der Waals surface area contributed by atoms with Crippen LogP contribution in [0.15, 0.2) is 35.4 Å². The number of amides is 2.